The van der Waals surface area contributed by atoms with Crippen molar-refractivity contribution in [2.75, 3.05) is 26.2 Å². The Morgan fingerprint density at radius 3 is 2.54 bits per heavy atom. The van der Waals surface area contributed by atoms with E-state index in [4.69, 9.17) is 4.52 Å². The molecule has 0 unspecified atom stereocenters. The molecule has 0 aliphatic carbocycles. The van der Waals surface area contributed by atoms with Crippen LogP contribution in [0.25, 0.3) is 0 Å². The van der Waals surface area contributed by atoms with Gasteiger partial charge in [-0.1, -0.05) is 25.9 Å². The Bertz CT molecular complexity index is 689. The van der Waals surface area contributed by atoms with E-state index in [-0.39, 0.29) is 30.1 Å². The van der Waals surface area contributed by atoms with Crippen molar-refractivity contribution in [2.24, 2.45) is 0 Å². The number of alkyl halides is 1. The predicted molar refractivity (Wildman–Crippen MR) is 104 cm³/mol. The lowest BCUT2D eigenvalue weighted by Crippen LogP contribution is -2.52. The second-order valence-corrected chi connectivity index (χ2v) is 9.13. The molecule has 0 saturated carbocycles. The van der Waals surface area contributed by atoms with Gasteiger partial charge in [0.2, 0.25) is 5.91 Å². The van der Waals surface area contributed by atoms with Gasteiger partial charge in [-0.3, -0.25) is 14.5 Å². The molecular weight excluding hydrogens is 361 g/mol. The van der Waals surface area contributed by atoms with Crippen LogP contribution < -0.4 is 0 Å². The molecule has 2 fully saturated rings. The number of carbonyl (C=O) groups is 2. The van der Waals surface area contributed by atoms with Gasteiger partial charge in [-0.15, -0.1) is 0 Å². The van der Waals surface area contributed by atoms with Gasteiger partial charge in [0.25, 0.3) is 0 Å². The number of piperidine rings is 2. The summed E-state index contributed by atoms with van der Waals surface area (Å²) in [5, 5.41) is 4.05. The lowest BCUT2D eigenvalue weighted by Gasteiger charge is -2.37. The van der Waals surface area contributed by atoms with Gasteiger partial charge in [0, 0.05) is 31.1 Å². The van der Waals surface area contributed by atoms with Crippen molar-refractivity contribution >= 4 is 11.7 Å². The van der Waals surface area contributed by atoms with Crippen molar-refractivity contribution in [3.8, 4) is 0 Å². The Kier molecular flexibility index (Phi) is 6.53. The third-order valence-corrected chi connectivity index (χ3v) is 5.72. The topological polar surface area (TPSA) is 66.7 Å². The van der Waals surface area contributed by atoms with E-state index in [1.165, 1.54) is 0 Å². The van der Waals surface area contributed by atoms with Crippen molar-refractivity contribution in [3.63, 3.8) is 0 Å². The zero-order valence-electron chi connectivity index (χ0n) is 17.2. The Labute approximate surface area is 166 Å². The van der Waals surface area contributed by atoms with E-state index in [1.54, 1.807) is 4.90 Å². The van der Waals surface area contributed by atoms with Gasteiger partial charge >= 0.3 is 0 Å². The molecule has 1 aromatic rings. The summed E-state index contributed by atoms with van der Waals surface area (Å²) in [4.78, 5) is 29.5. The molecule has 7 heteroatoms. The first kappa shape index (κ1) is 21.0. The van der Waals surface area contributed by atoms with E-state index in [1.807, 2.05) is 31.7 Å². The zero-order chi connectivity index (χ0) is 20.3. The predicted octanol–water partition coefficient (Wildman–Crippen LogP) is 2.90. The van der Waals surface area contributed by atoms with Crippen LogP contribution in [0.3, 0.4) is 0 Å². The molecule has 3 heterocycles. The number of ketones is 1. The molecule has 0 radical (unpaired) electrons. The molecule has 3 rings (SSSR count). The second-order valence-electron chi connectivity index (χ2n) is 9.13. The fourth-order valence-corrected chi connectivity index (χ4v) is 3.95. The number of Topliss-reactive ketones (excluding diaryl/α,β-unsaturated/α-hetero) is 1. The third kappa shape index (κ3) is 5.19. The first-order valence-corrected chi connectivity index (χ1v) is 10.4. The van der Waals surface area contributed by atoms with Gasteiger partial charge in [0.15, 0.2) is 5.78 Å². The maximum Gasteiger partial charge on any atom is 0.237 e. The number of nitrogens with zero attached hydrogens (tertiary/aromatic N) is 3. The number of halogens is 1. The summed E-state index contributed by atoms with van der Waals surface area (Å²) >= 11 is 0. The highest BCUT2D eigenvalue weighted by atomic mass is 19.1. The minimum absolute atomic E-state index is 0.0178. The van der Waals surface area contributed by atoms with Crippen LogP contribution in [0.5, 0.6) is 0 Å². The summed E-state index contributed by atoms with van der Waals surface area (Å²) in [6.07, 6.45) is 2.95. The van der Waals surface area contributed by atoms with E-state index in [9.17, 15) is 14.0 Å². The van der Waals surface area contributed by atoms with E-state index >= 15 is 0 Å². The normalized spacial score (nSPS) is 22.4. The lowest BCUT2D eigenvalue weighted by molar-refractivity contribution is -0.142. The Hall–Kier alpha value is -1.76. The minimum atomic E-state index is -0.754. The quantitative estimate of drug-likeness (QED) is 0.770. The van der Waals surface area contributed by atoms with E-state index < -0.39 is 12.2 Å². The Morgan fingerprint density at radius 1 is 1.18 bits per heavy atom. The van der Waals surface area contributed by atoms with E-state index in [0.29, 0.717) is 44.6 Å². The highest BCUT2D eigenvalue weighted by Crippen LogP contribution is 2.24. The van der Waals surface area contributed by atoms with E-state index in [2.05, 4.69) is 5.16 Å². The highest BCUT2D eigenvalue weighted by molar-refractivity contribution is 5.91. The summed E-state index contributed by atoms with van der Waals surface area (Å²) in [6.45, 7) is 8.20. The molecule has 6 nitrogen and oxygen atoms in total. The maximum atomic E-state index is 13.3. The standard InChI is InChI=1S/C21H32FN3O3/c1-21(2,3)19-13-16(23-28-19)12-18(26)17-6-4-5-9-25(17)20(27)14-24-10-7-15(22)8-11-24/h13,15,17H,4-12,14H2,1-3H3/t17-/m0/s1. The lowest BCUT2D eigenvalue weighted by atomic mass is 9.92. The van der Waals surface area contributed by atoms with E-state index in [0.717, 1.165) is 18.6 Å². The zero-order valence-corrected chi connectivity index (χ0v) is 17.2. The van der Waals surface area contributed by atoms with Crippen LogP contribution in [0.15, 0.2) is 10.6 Å². The highest BCUT2D eigenvalue weighted by Gasteiger charge is 2.33. The van der Waals surface area contributed by atoms with Gasteiger partial charge in [0.05, 0.1) is 24.7 Å². The smallest absolute Gasteiger partial charge is 0.237 e. The van der Waals surface area contributed by atoms with Gasteiger partial charge in [0.1, 0.15) is 11.9 Å². The molecule has 0 aromatic carbocycles. The summed E-state index contributed by atoms with van der Waals surface area (Å²) in [5.74, 6) is 0.748. The second kappa shape index (κ2) is 8.72. The molecule has 28 heavy (non-hydrogen) atoms. The Balaban J connectivity index is 1.61. The van der Waals surface area contributed by atoms with Crippen LogP contribution in [-0.4, -0.2) is 65.0 Å². The van der Waals surface area contributed by atoms with Crippen LogP contribution in [0.4, 0.5) is 4.39 Å². The Morgan fingerprint density at radius 2 is 1.89 bits per heavy atom. The largest absolute Gasteiger partial charge is 0.361 e. The van der Waals surface area contributed by atoms with Crippen LogP contribution in [-0.2, 0) is 21.4 Å². The molecule has 0 N–H and O–H groups in total. The average Bonchev–Trinajstić information content (AvgIpc) is 3.12. The number of hydrogen-bond donors (Lipinski definition) is 0. The fraction of sp³-hybridized carbons (Fsp3) is 0.762. The molecule has 2 saturated heterocycles. The summed E-state index contributed by atoms with van der Waals surface area (Å²) < 4.78 is 18.7. The van der Waals surface area contributed by atoms with Gasteiger partial charge in [-0.25, -0.2) is 4.39 Å². The van der Waals surface area contributed by atoms with Gasteiger partial charge < -0.3 is 9.42 Å². The molecule has 0 bridgehead atoms. The molecule has 1 aromatic heterocycles. The number of rotatable bonds is 5. The monoisotopic (exact) mass is 393 g/mol. The van der Waals surface area contributed by atoms with Crippen LogP contribution in [0.2, 0.25) is 0 Å². The molecule has 1 atom stereocenters. The molecule has 0 spiro atoms. The number of hydrogen-bond acceptors (Lipinski definition) is 5. The number of aromatic nitrogens is 1. The molecule has 2 aliphatic heterocycles. The number of likely N-dealkylation sites (tertiary alicyclic amines) is 2. The average molecular weight is 394 g/mol. The fourth-order valence-electron chi connectivity index (χ4n) is 3.95. The molecular formula is C21H32FN3O3. The van der Waals surface area contributed by atoms with Crippen LogP contribution in [0.1, 0.15) is 64.3 Å². The number of carbonyl (C=O) groups excluding carboxylic acids is 2. The molecule has 2 aliphatic rings. The van der Waals surface area contributed by atoms with Crippen molar-refractivity contribution in [1.29, 1.82) is 0 Å². The molecule has 1 amide bonds. The maximum absolute atomic E-state index is 13.3. The van der Waals surface area contributed by atoms with Crippen molar-refractivity contribution in [3.05, 3.63) is 17.5 Å². The SMILES string of the molecule is CC(C)(C)c1cc(CC(=O)[C@@H]2CCCCN2C(=O)CN2CCC(F)CC2)no1. The summed E-state index contributed by atoms with van der Waals surface area (Å²) in [6, 6.07) is 1.45. The summed E-state index contributed by atoms with van der Waals surface area (Å²) in [7, 11) is 0. The van der Waals surface area contributed by atoms with Crippen molar-refractivity contribution in [2.45, 2.75) is 76.9 Å². The van der Waals surface area contributed by atoms with Gasteiger partial charge in [-0.2, -0.15) is 0 Å². The van der Waals surface area contributed by atoms with Gasteiger partial charge in [-0.05, 0) is 32.1 Å². The third-order valence-electron chi connectivity index (χ3n) is 5.72. The first-order chi connectivity index (χ1) is 13.2. The molecule has 156 valence electrons. The van der Waals surface area contributed by atoms with Crippen molar-refractivity contribution in [1.82, 2.24) is 15.0 Å². The summed E-state index contributed by atoms with van der Waals surface area (Å²) in [5.41, 5.74) is 0.465. The first-order valence-electron chi connectivity index (χ1n) is 10.4. The van der Waals surface area contributed by atoms with Crippen LogP contribution in [0, 0.1) is 0 Å². The number of amides is 1. The minimum Gasteiger partial charge on any atom is -0.361 e. The van der Waals surface area contributed by atoms with Crippen molar-refractivity contribution < 1.29 is 18.5 Å². The van der Waals surface area contributed by atoms with Crippen LogP contribution >= 0.6 is 0 Å².